The molecule has 4 heteroatoms. The molecule has 15 heavy (non-hydrogen) atoms. The van der Waals surface area contributed by atoms with Crippen LogP contribution in [0.4, 0.5) is 15.8 Å². The SMILES string of the molecule is Nc1ccc(NC(=O)C2CCC2)c(F)c1. The van der Waals surface area contributed by atoms with Gasteiger partial charge in [-0.2, -0.15) is 0 Å². The summed E-state index contributed by atoms with van der Waals surface area (Å²) in [5, 5.41) is 2.57. The van der Waals surface area contributed by atoms with Crippen LogP contribution in [0.2, 0.25) is 0 Å². The van der Waals surface area contributed by atoms with Crippen molar-refractivity contribution in [3.63, 3.8) is 0 Å². The number of hydrogen-bond acceptors (Lipinski definition) is 2. The predicted octanol–water partition coefficient (Wildman–Crippen LogP) is 2.15. The Bertz CT molecular complexity index is 388. The Labute approximate surface area is 87.5 Å². The Morgan fingerprint density at radius 1 is 1.47 bits per heavy atom. The maximum atomic E-state index is 13.3. The van der Waals surface area contributed by atoms with Gasteiger partial charge in [0, 0.05) is 11.6 Å². The third kappa shape index (κ3) is 2.09. The fourth-order valence-corrected chi connectivity index (χ4v) is 1.54. The molecule has 1 aliphatic rings. The van der Waals surface area contributed by atoms with Gasteiger partial charge >= 0.3 is 0 Å². The summed E-state index contributed by atoms with van der Waals surface area (Å²) < 4.78 is 13.3. The molecule has 0 aliphatic heterocycles. The molecule has 3 N–H and O–H groups in total. The van der Waals surface area contributed by atoms with Crippen LogP contribution in [0.3, 0.4) is 0 Å². The van der Waals surface area contributed by atoms with E-state index < -0.39 is 5.82 Å². The molecule has 0 bridgehead atoms. The van der Waals surface area contributed by atoms with Crippen LogP contribution in [0.25, 0.3) is 0 Å². The van der Waals surface area contributed by atoms with E-state index in [2.05, 4.69) is 5.32 Å². The summed E-state index contributed by atoms with van der Waals surface area (Å²) in [4.78, 5) is 11.5. The van der Waals surface area contributed by atoms with Crippen LogP contribution in [-0.2, 0) is 4.79 Å². The molecule has 1 saturated carbocycles. The molecule has 1 aromatic rings. The second-order valence-corrected chi connectivity index (χ2v) is 3.86. The topological polar surface area (TPSA) is 55.1 Å². The van der Waals surface area contributed by atoms with Gasteiger partial charge in [-0.05, 0) is 31.0 Å². The lowest BCUT2D eigenvalue weighted by atomic mass is 9.85. The van der Waals surface area contributed by atoms with Crippen LogP contribution in [0.15, 0.2) is 18.2 Å². The first kappa shape index (κ1) is 9.96. The van der Waals surface area contributed by atoms with Gasteiger partial charge in [0.2, 0.25) is 5.91 Å². The standard InChI is InChI=1S/C11H13FN2O/c12-9-6-8(13)4-5-10(9)14-11(15)7-2-1-3-7/h4-7H,1-3,13H2,(H,14,15). The summed E-state index contributed by atoms with van der Waals surface area (Å²) in [6.07, 6.45) is 2.90. The van der Waals surface area contributed by atoms with Gasteiger partial charge in [-0.3, -0.25) is 4.79 Å². The lowest BCUT2D eigenvalue weighted by Gasteiger charge is -2.24. The summed E-state index contributed by atoms with van der Waals surface area (Å²) in [6, 6.07) is 4.26. The fraction of sp³-hybridized carbons (Fsp3) is 0.364. The van der Waals surface area contributed by atoms with Crippen molar-refractivity contribution in [3.05, 3.63) is 24.0 Å². The first-order valence-electron chi connectivity index (χ1n) is 5.02. The maximum absolute atomic E-state index is 13.3. The number of halogens is 1. The molecule has 0 heterocycles. The summed E-state index contributed by atoms with van der Waals surface area (Å²) in [5.74, 6) is -0.519. The number of nitrogen functional groups attached to an aromatic ring is 1. The van der Waals surface area contributed by atoms with Gasteiger partial charge in [-0.25, -0.2) is 4.39 Å². The highest BCUT2D eigenvalue weighted by Gasteiger charge is 2.25. The van der Waals surface area contributed by atoms with Crippen LogP contribution >= 0.6 is 0 Å². The van der Waals surface area contributed by atoms with E-state index in [1.165, 1.54) is 12.1 Å². The minimum absolute atomic E-state index is 0.0574. The van der Waals surface area contributed by atoms with Gasteiger partial charge < -0.3 is 11.1 Å². The molecule has 1 aliphatic carbocycles. The van der Waals surface area contributed by atoms with Crippen LogP contribution < -0.4 is 11.1 Å². The zero-order chi connectivity index (χ0) is 10.8. The van der Waals surface area contributed by atoms with E-state index in [4.69, 9.17) is 5.73 Å². The molecule has 0 unspecified atom stereocenters. The smallest absolute Gasteiger partial charge is 0.227 e. The number of nitrogens with two attached hydrogens (primary N) is 1. The number of nitrogens with one attached hydrogen (secondary N) is 1. The molecule has 0 saturated heterocycles. The number of carbonyl (C=O) groups excluding carboxylic acids is 1. The molecule has 0 atom stereocenters. The minimum atomic E-state index is -0.484. The van der Waals surface area contributed by atoms with E-state index in [0.717, 1.165) is 19.3 Å². The Hall–Kier alpha value is -1.58. The molecule has 0 spiro atoms. The van der Waals surface area contributed by atoms with Gasteiger partial charge in [0.25, 0.3) is 0 Å². The zero-order valence-corrected chi connectivity index (χ0v) is 8.29. The first-order chi connectivity index (χ1) is 7.16. The fourth-order valence-electron chi connectivity index (χ4n) is 1.54. The molecule has 80 valence electrons. The van der Waals surface area contributed by atoms with Crippen molar-refractivity contribution < 1.29 is 9.18 Å². The largest absolute Gasteiger partial charge is 0.399 e. The molecular weight excluding hydrogens is 195 g/mol. The Morgan fingerprint density at radius 2 is 2.20 bits per heavy atom. The van der Waals surface area contributed by atoms with Gasteiger partial charge in [-0.15, -0.1) is 0 Å². The Morgan fingerprint density at radius 3 is 2.73 bits per heavy atom. The lowest BCUT2D eigenvalue weighted by Crippen LogP contribution is -2.28. The second kappa shape index (κ2) is 3.88. The molecule has 1 aromatic carbocycles. The average molecular weight is 208 g/mol. The van der Waals surface area contributed by atoms with Crippen molar-refractivity contribution in [2.45, 2.75) is 19.3 Å². The van der Waals surface area contributed by atoms with E-state index in [1.807, 2.05) is 0 Å². The first-order valence-corrected chi connectivity index (χ1v) is 5.02. The van der Waals surface area contributed by atoms with Crippen LogP contribution in [0.5, 0.6) is 0 Å². The number of anilines is 2. The summed E-state index contributed by atoms with van der Waals surface area (Å²) >= 11 is 0. The monoisotopic (exact) mass is 208 g/mol. The highest BCUT2D eigenvalue weighted by atomic mass is 19.1. The molecule has 3 nitrogen and oxygen atoms in total. The van der Waals surface area contributed by atoms with E-state index in [0.29, 0.717) is 5.69 Å². The summed E-state index contributed by atoms with van der Waals surface area (Å²) in [7, 11) is 0. The molecule has 0 radical (unpaired) electrons. The van der Waals surface area contributed by atoms with Crippen molar-refractivity contribution in [1.29, 1.82) is 0 Å². The van der Waals surface area contributed by atoms with E-state index in [1.54, 1.807) is 6.07 Å². The van der Waals surface area contributed by atoms with Crippen molar-refractivity contribution in [1.82, 2.24) is 0 Å². The summed E-state index contributed by atoms with van der Waals surface area (Å²) in [6.45, 7) is 0. The highest BCUT2D eigenvalue weighted by molar-refractivity contribution is 5.93. The van der Waals surface area contributed by atoms with Gasteiger partial charge in [0.15, 0.2) is 0 Å². The van der Waals surface area contributed by atoms with Crippen molar-refractivity contribution in [2.24, 2.45) is 5.92 Å². The Balaban J connectivity index is 2.06. The van der Waals surface area contributed by atoms with E-state index >= 15 is 0 Å². The van der Waals surface area contributed by atoms with Crippen LogP contribution in [0, 0.1) is 11.7 Å². The number of amides is 1. The quantitative estimate of drug-likeness (QED) is 0.731. The molecule has 1 amide bonds. The van der Waals surface area contributed by atoms with Crippen LogP contribution in [0.1, 0.15) is 19.3 Å². The Kier molecular flexibility index (Phi) is 2.58. The van der Waals surface area contributed by atoms with E-state index in [9.17, 15) is 9.18 Å². The van der Waals surface area contributed by atoms with Gasteiger partial charge in [0.1, 0.15) is 5.82 Å². The zero-order valence-electron chi connectivity index (χ0n) is 8.29. The maximum Gasteiger partial charge on any atom is 0.227 e. The normalized spacial score (nSPS) is 15.8. The lowest BCUT2D eigenvalue weighted by molar-refractivity contribution is -0.122. The predicted molar refractivity (Wildman–Crippen MR) is 56.8 cm³/mol. The minimum Gasteiger partial charge on any atom is -0.399 e. The third-order valence-corrected chi connectivity index (χ3v) is 2.73. The second-order valence-electron chi connectivity index (χ2n) is 3.86. The number of carbonyl (C=O) groups is 1. The summed E-state index contributed by atoms with van der Waals surface area (Å²) in [5.41, 5.74) is 5.97. The highest BCUT2D eigenvalue weighted by Crippen LogP contribution is 2.28. The van der Waals surface area contributed by atoms with Crippen molar-refractivity contribution >= 4 is 17.3 Å². The molecule has 1 fully saturated rings. The van der Waals surface area contributed by atoms with Crippen molar-refractivity contribution in [2.75, 3.05) is 11.1 Å². The third-order valence-electron chi connectivity index (χ3n) is 2.73. The number of hydrogen-bond donors (Lipinski definition) is 2. The number of rotatable bonds is 2. The van der Waals surface area contributed by atoms with Crippen LogP contribution in [-0.4, -0.2) is 5.91 Å². The average Bonchev–Trinajstić information content (AvgIpc) is 2.07. The molecule has 2 rings (SSSR count). The molecular formula is C11H13FN2O. The van der Waals surface area contributed by atoms with Gasteiger partial charge in [-0.1, -0.05) is 6.42 Å². The molecule has 0 aromatic heterocycles. The van der Waals surface area contributed by atoms with Gasteiger partial charge in [0.05, 0.1) is 5.69 Å². The van der Waals surface area contributed by atoms with Crippen molar-refractivity contribution in [3.8, 4) is 0 Å². The van der Waals surface area contributed by atoms with E-state index in [-0.39, 0.29) is 17.5 Å². The number of benzene rings is 1.